The van der Waals surface area contributed by atoms with Gasteiger partial charge in [0.15, 0.2) is 0 Å². The second-order valence-electron chi connectivity index (χ2n) is 3.97. The number of esters is 1. The van der Waals surface area contributed by atoms with Gasteiger partial charge in [-0.2, -0.15) is 0 Å². The van der Waals surface area contributed by atoms with Gasteiger partial charge in [-0.15, -0.1) is 12.4 Å². The van der Waals surface area contributed by atoms with Crippen LogP contribution in [0.2, 0.25) is 0 Å². The maximum absolute atomic E-state index is 11.4. The Kier molecular flexibility index (Phi) is 11.3. The average molecular weight is 267 g/mol. The molecule has 0 heterocycles. The van der Waals surface area contributed by atoms with Crippen LogP contribution in [-0.4, -0.2) is 31.1 Å². The van der Waals surface area contributed by atoms with E-state index in [1.165, 1.54) is 0 Å². The molecule has 0 fully saturated rings. The predicted molar refractivity (Wildman–Crippen MR) is 68.9 cm³/mol. The van der Waals surface area contributed by atoms with Crippen molar-refractivity contribution in [2.24, 2.45) is 11.7 Å². The van der Waals surface area contributed by atoms with Crippen molar-refractivity contribution < 1.29 is 14.3 Å². The first-order valence-electron chi connectivity index (χ1n) is 5.68. The Bertz CT molecular complexity index is 235. The molecule has 0 aromatic rings. The fraction of sp³-hybridized carbons (Fsp3) is 0.818. The van der Waals surface area contributed by atoms with Gasteiger partial charge in [0, 0.05) is 13.0 Å². The highest BCUT2D eigenvalue weighted by molar-refractivity contribution is 5.85. The molecule has 0 aliphatic carbocycles. The molecule has 1 amide bonds. The molecule has 0 saturated heterocycles. The van der Waals surface area contributed by atoms with Gasteiger partial charge < -0.3 is 15.8 Å². The second-order valence-corrected chi connectivity index (χ2v) is 3.97. The fourth-order valence-electron chi connectivity index (χ4n) is 1.10. The molecular formula is C11H23ClN2O3. The maximum atomic E-state index is 11.4. The Morgan fingerprint density at radius 3 is 2.41 bits per heavy atom. The van der Waals surface area contributed by atoms with Crippen LogP contribution in [0.25, 0.3) is 0 Å². The summed E-state index contributed by atoms with van der Waals surface area (Å²) >= 11 is 0. The Morgan fingerprint density at radius 2 is 1.94 bits per heavy atom. The van der Waals surface area contributed by atoms with Crippen LogP contribution < -0.4 is 11.1 Å². The normalized spacial score (nSPS) is 11.6. The van der Waals surface area contributed by atoms with Crippen molar-refractivity contribution in [1.82, 2.24) is 5.32 Å². The SMILES string of the molecule is CCOC(=O)CCCNC(=O)[C@@H](N)C(C)C.Cl. The van der Waals surface area contributed by atoms with E-state index in [-0.39, 0.29) is 30.2 Å². The first kappa shape index (κ1) is 18.6. The lowest BCUT2D eigenvalue weighted by atomic mass is 10.1. The molecule has 3 N–H and O–H groups in total. The van der Waals surface area contributed by atoms with E-state index in [9.17, 15) is 9.59 Å². The van der Waals surface area contributed by atoms with Gasteiger partial charge in [0.05, 0.1) is 12.6 Å². The summed E-state index contributed by atoms with van der Waals surface area (Å²) in [7, 11) is 0. The van der Waals surface area contributed by atoms with E-state index in [0.717, 1.165) is 0 Å². The van der Waals surface area contributed by atoms with Crippen LogP contribution in [0.1, 0.15) is 33.6 Å². The Hall–Kier alpha value is -0.810. The third kappa shape index (κ3) is 8.94. The Balaban J connectivity index is 0. The predicted octanol–water partition coefficient (Wildman–Crippen LogP) is 0.851. The number of carbonyl (C=O) groups excluding carboxylic acids is 2. The van der Waals surface area contributed by atoms with E-state index in [4.69, 9.17) is 10.5 Å². The molecule has 102 valence electrons. The summed E-state index contributed by atoms with van der Waals surface area (Å²) in [5, 5.41) is 2.69. The minimum Gasteiger partial charge on any atom is -0.466 e. The smallest absolute Gasteiger partial charge is 0.305 e. The zero-order valence-electron chi connectivity index (χ0n) is 10.7. The number of halogens is 1. The molecule has 0 aliphatic rings. The highest BCUT2D eigenvalue weighted by atomic mass is 35.5. The first-order valence-corrected chi connectivity index (χ1v) is 5.68. The molecule has 1 atom stereocenters. The largest absolute Gasteiger partial charge is 0.466 e. The zero-order valence-corrected chi connectivity index (χ0v) is 11.5. The number of ether oxygens (including phenoxy) is 1. The number of amides is 1. The highest BCUT2D eigenvalue weighted by Crippen LogP contribution is 1.98. The third-order valence-electron chi connectivity index (χ3n) is 2.18. The van der Waals surface area contributed by atoms with E-state index in [0.29, 0.717) is 26.0 Å². The van der Waals surface area contributed by atoms with Gasteiger partial charge in [0.1, 0.15) is 0 Å². The van der Waals surface area contributed by atoms with Gasteiger partial charge in [0.25, 0.3) is 0 Å². The molecule has 0 spiro atoms. The van der Waals surface area contributed by atoms with Gasteiger partial charge in [-0.25, -0.2) is 0 Å². The van der Waals surface area contributed by atoms with Crippen molar-refractivity contribution in [1.29, 1.82) is 0 Å². The Morgan fingerprint density at radius 1 is 1.35 bits per heavy atom. The van der Waals surface area contributed by atoms with Gasteiger partial charge in [-0.3, -0.25) is 9.59 Å². The molecule has 0 aromatic heterocycles. The molecule has 0 radical (unpaired) electrons. The van der Waals surface area contributed by atoms with Crippen molar-refractivity contribution >= 4 is 24.3 Å². The molecule has 0 rings (SSSR count). The van der Waals surface area contributed by atoms with E-state index in [1.54, 1.807) is 6.92 Å². The van der Waals surface area contributed by atoms with E-state index in [1.807, 2.05) is 13.8 Å². The number of rotatable bonds is 7. The maximum Gasteiger partial charge on any atom is 0.305 e. The Labute approximate surface area is 109 Å². The third-order valence-corrected chi connectivity index (χ3v) is 2.18. The lowest BCUT2D eigenvalue weighted by Crippen LogP contribution is -2.44. The van der Waals surface area contributed by atoms with Crippen LogP contribution in [0.15, 0.2) is 0 Å². The van der Waals surface area contributed by atoms with Crippen molar-refractivity contribution in [2.45, 2.75) is 39.7 Å². The topological polar surface area (TPSA) is 81.4 Å². The van der Waals surface area contributed by atoms with Crippen LogP contribution in [0.5, 0.6) is 0 Å². The number of hydrogen-bond donors (Lipinski definition) is 2. The van der Waals surface area contributed by atoms with Gasteiger partial charge in [-0.1, -0.05) is 13.8 Å². The lowest BCUT2D eigenvalue weighted by Gasteiger charge is -2.14. The zero-order chi connectivity index (χ0) is 12.6. The molecule has 17 heavy (non-hydrogen) atoms. The number of nitrogens with two attached hydrogens (primary N) is 1. The minimum absolute atomic E-state index is 0. The van der Waals surface area contributed by atoms with Crippen molar-refractivity contribution in [3.8, 4) is 0 Å². The van der Waals surface area contributed by atoms with Crippen LogP contribution in [-0.2, 0) is 14.3 Å². The van der Waals surface area contributed by atoms with Crippen LogP contribution in [0.3, 0.4) is 0 Å². The monoisotopic (exact) mass is 266 g/mol. The summed E-state index contributed by atoms with van der Waals surface area (Å²) in [5.41, 5.74) is 5.65. The molecule has 0 unspecified atom stereocenters. The summed E-state index contributed by atoms with van der Waals surface area (Å²) in [6.07, 6.45) is 0.903. The summed E-state index contributed by atoms with van der Waals surface area (Å²) in [6, 6.07) is -0.484. The molecule has 5 nitrogen and oxygen atoms in total. The summed E-state index contributed by atoms with van der Waals surface area (Å²) in [5.74, 6) is -0.283. The van der Waals surface area contributed by atoms with Gasteiger partial charge in [0.2, 0.25) is 5.91 Å². The summed E-state index contributed by atoms with van der Waals surface area (Å²) < 4.78 is 4.76. The molecular weight excluding hydrogens is 244 g/mol. The minimum atomic E-state index is -0.484. The van der Waals surface area contributed by atoms with Crippen LogP contribution in [0.4, 0.5) is 0 Å². The van der Waals surface area contributed by atoms with Crippen LogP contribution >= 0.6 is 12.4 Å². The first-order chi connectivity index (χ1) is 7.49. The van der Waals surface area contributed by atoms with E-state index < -0.39 is 6.04 Å². The van der Waals surface area contributed by atoms with Crippen molar-refractivity contribution in [2.75, 3.05) is 13.2 Å². The number of hydrogen-bond acceptors (Lipinski definition) is 4. The van der Waals surface area contributed by atoms with Crippen LogP contribution in [0, 0.1) is 5.92 Å². The van der Waals surface area contributed by atoms with Crippen molar-refractivity contribution in [3.63, 3.8) is 0 Å². The average Bonchev–Trinajstić information content (AvgIpc) is 2.23. The van der Waals surface area contributed by atoms with E-state index >= 15 is 0 Å². The molecule has 0 aromatic carbocycles. The van der Waals surface area contributed by atoms with Gasteiger partial charge in [-0.05, 0) is 19.3 Å². The quantitative estimate of drug-likeness (QED) is 0.529. The summed E-state index contributed by atoms with van der Waals surface area (Å²) in [4.78, 5) is 22.4. The molecule has 0 saturated carbocycles. The molecule has 0 aliphatic heterocycles. The fourth-order valence-corrected chi connectivity index (χ4v) is 1.10. The lowest BCUT2D eigenvalue weighted by molar-refractivity contribution is -0.143. The van der Waals surface area contributed by atoms with E-state index in [2.05, 4.69) is 5.32 Å². The standard InChI is InChI=1S/C11H22N2O3.ClH/c1-4-16-9(14)6-5-7-13-11(15)10(12)8(2)3;/h8,10H,4-7,12H2,1-3H3,(H,13,15);1H/t10-;/m0./s1. The second kappa shape index (κ2) is 10.4. The molecule has 6 heteroatoms. The van der Waals surface area contributed by atoms with Crippen molar-refractivity contribution in [3.05, 3.63) is 0 Å². The van der Waals surface area contributed by atoms with Gasteiger partial charge >= 0.3 is 5.97 Å². The highest BCUT2D eigenvalue weighted by Gasteiger charge is 2.16. The number of nitrogens with one attached hydrogen (secondary N) is 1. The summed E-state index contributed by atoms with van der Waals surface area (Å²) in [6.45, 7) is 6.40. The molecule has 0 bridgehead atoms. The number of carbonyl (C=O) groups is 2.